The van der Waals surface area contributed by atoms with Gasteiger partial charge in [-0.25, -0.2) is 0 Å². The lowest BCUT2D eigenvalue weighted by atomic mass is 9.80. The van der Waals surface area contributed by atoms with E-state index in [2.05, 4.69) is 26.1 Å². The van der Waals surface area contributed by atoms with Crippen molar-refractivity contribution in [2.45, 2.75) is 39.0 Å². The van der Waals surface area contributed by atoms with Crippen LogP contribution in [-0.4, -0.2) is 11.8 Å². The van der Waals surface area contributed by atoms with E-state index in [9.17, 15) is 9.59 Å². The molecule has 1 heterocycles. The summed E-state index contributed by atoms with van der Waals surface area (Å²) in [5, 5.41) is 2.35. The summed E-state index contributed by atoms with van der Waals surface area (Å²) in [6.07, 6.45) is 1.31. The van der Waals surface area contributed by atoms with Crippen molar-refractivity contribution in [3.8, 4) is 0 Å². The van der Waals surface area contributed by atoms with Crippen LogP contribution in [0.5, 0.6) is 0 Å². The number of hydrogen-bond acceptors (Lipinski definition) is 2. The molecule has 0 bridgehead atoms. The van der Waals surface area contributed by atoms with E-state index in [1.807, 2.05) is 18.2 Å². The number of fused-ring (bicyclic) bond motifs is 1. The molecule has 3 nitrogen and oxygen atoms in total. The van der Waals surface area contributed by atoms with Crippen LogP contribution in [0.1, 0.15) is 48.7 Å². The summed E-state index contributed by atoms with van der Waals surface area (Å²) < 4.78 is 0. The average Bonchev–Trinajstić information content (AvgIpc) is 2.28. The number of carbonyl (C=O) groups excluding carboxylic acids is 2. The first-order chi connectivity index (χ1) is 7.94. The summed E-state index contributed by atoms with van der Waals surface area (Å²) in [6.45, 7) is 6.43. The first-order valence-corrected chi connectivity index (χ1v) is 5.91. The lowest BCUT2D eigenvalue weighted by Gasteiger charge is -2.25. The molecule has 0 atom stereocenters. The maximum atomic E-state index is 11.7. The van der Waals surface area contributed by atoms with E-state index in [1.54, 1.807) is 0 Å². The molecule has 0 saturated heterocycles. The molecular formula is C14H17NO2. The molecule has 0 aromatic heterocycles. The van der Waals surface area contributed by atoms with Gasteiger partial charge in [0.2, 0.25) is 5.91 Å². The monoisotopic (exact) mass is 231 g/mol. The molecule has 2 rings (SSSR count). The summed E-state index contributed by atoms with van der Waals surface area (Å²) in [7, 11) is 0. The van der Waals surface area contributed by atoms with Gasteiger partial charge >= 0.3 is 0 Å². The Morgan fingerprint density at radius 1 is 1.29 bits per heavy atom. The lowest BCUT2D eigenvalue weighted by Crippen LogP contribution is -2.37. The highest BCUT2D eigenvalue weighted by atomic mass is 16.2. The number of benzene rings is 1. The molecular weight excluding hydrogens is 214 g/mol. The van der Waals surface area contributed by atoms with Crippen LogP contribution in [0.3, 0.4) is 0 Å². The van der Waals surface area contributed by atoms with Crippen molar-refractivity contribution < 1.29 is 9.59 Å². The summed E-state index contributed by atoms with van der Waals surface area (Å²) in [4.78, 5) is 23.0. The van der Waals surface area contributed by atoms with Crippen molar-refractivity contribution in [1.82, 2.24) is 5.32 Å². The Bertz CT molecular complexity index is 489. The van der Waals surface area contributed by atoms with Gasteiger partial charge in [-0.05, 0) is 29.0 Å². The quantitative estimate of drug-likeness (QED) is 0.793. The fourth-order valence-electron chi connectivity index (χ4n) is 1.98. The zero-order valence-corrected chi connectivity index (χ0v) is 10.5. The van der Waals surface area contributed by atoms with Crippen molar-refractivity contribution in [1.29, 1.82) is 0 Å². The Labute approximate surface area is 101 Å². The molecule has 1 N–H and O–H groups in total. The Balaban J connectivity index is 2.47. The second-order valence-corrected chi connectivity index (χ2v) is 5.16. The highest BCUT2D eigenvalue weighted by Gasteiger charge is 2.25. The number of nitrogens with one attached hydrogen (secondary N) is 1. The molecule has 1 aliphatic rings. The maximum Gasteiger partial charge on any atom is 0.258 e. The maximum absolute atomic E-state index is 11.7. The van der Waals surface area contributed by atoms with Crippen LogP contribution in [0.25, 0.3) is 0 Å². The largest absolute Gasteiger partial charge is 0.292 e. The third-order valence-electron chi connectivity index (χ3n) is 3.62. The van der Waals surface area contributed by atoms with Crippen LogP contribution in [0, 0.1) is 0 Å². The van der Waals surface area contributed by atoms with Crippen molar-refractivity contribution in [2.75, 3.05) is 0 Å². The van der Waals surface area contributed by atoms with Crippen molar-refractivity contribution in [3.63, 3.8) is 0 Å². The summed E-state index contributed by atoms with van der Waals surface area (Å²) in [5.41, 5.74) is 2.66. The number of carbonyl (C=O) groups is 2. The van der Waals surface area contributed by atoms with Crippen molar-refractivity contribution >= 4 is 11.8 Å². The number of amides is 2. The Kier molecular flexibility index (Phi) is 2.77. The minimum atomic E-state index is -0.273. The lowest BCUT2D eigenvalue weighted by molar-refractivity contribution is -0.119. The van der Waals surface area contributed by atoms with Gasteiger partial charge in [0.25, 0.3) is 5.91 Å². The fraction of sp³-hybridized carbons (Fsp3) is 0.429. The Morgan fingerprint density at radius 3 is 2.65 bits per heavy atom. The molecule has 0 spiro atoms. The van der Waals surface area contributed by atoms with Crippen molar-refractivity contribution in [2.24, 2.45) is 0 Å². The van der Waals surface area contributed by atoms with E-state index in [1.165, 1.54) is 0 Å². The molecule has 1 aromatic rings. The SMILES string of the molecule is CCC(C)(C)c1ccc2c(c1)C(=O)NC(=O)C2. The average molecular weight is 231 g/mol. The van der Waals surface area contributed by atoms with Gasteiger partial charge in [-0.3, -0.25) is 14.9 Å². The zero-order valence-electron chi connectivity index (χ0n) is 10.5. The Morgan fingerprint density at radius 2 is 2.00 bits per heavy atom. The second kappa shape index (κ2) is 3.99. The van der Waals surface area contributed by atoms with Gasteiger partial charge in [0.15, 0.2) is 0 Å². The fourth-order valence-corrected chi connectivity index (χ4v) is 1.98. The molecule has 1 aliphatic heterocycles. The van der Waals surface area contributed by atoms with Crippen LogP contribution in [0.4, 0.5) is 0 Å². The molecule has 0 radical (unpaired) electrons. The van der Waals surface area contributed by atoms with Gasteiger partial charge in [-0.2, -0.15) is 0 Å². The highest BCUT2D eigenvalue weighted by Crippen LogP contribution is 2.29. The molecule has 1 aromatic carbocycles. The molecule has 0 fully saturated rings. The first kappa shape index (κ1) is 11.8. The molecule has 17 heavy (non-hydrogen) atoms. The minimum Gasteiger partial charge on any atom is -0.292 e. The second-order valence-electron chi connectivity index (χ2n) is 5.16. The van der Waals surface area contributed by atoms with Gasteiger partial charge in [-0.15, -0.1) is 0 Å². The van der Waals surface area contributed by atoms with Gasteiger partial charge < -0.3 is 0 Å². The number of imide groups is 1. The summed E-state index contributed by atoms with van der Waals surface area (Å²) >= 11 is 0. The van der Waals surface area contributed by atoms with Gasteiger partial charge in [-0.1, -0.05) is 32.9 Å². The van der Waals surface area contributed by atoms with E-state index in [0.29, 0.717) is 12.0 Å². The normalized spacial score (nSPS) is 15.5. The minimum absolute atomic E-state index is 0.0523. The highest BCUT2D eigenvalue weighted by molar-refractivity contribution is 6.09. The van der Waals surface area contributed by atoms with E-state index in [0.717, 1.165) is 17.5 Å². The smallest absolute Gasteiger partial charge is 0.258 e. The van der Waals surface area contributed by atoms with Crippen LogP contribution in [0.15, 0.2) is 18.2 Å². The van der Waals surface area contributed by atoms with E-state index in [4.69, 9.17) is 0 Å². The van der Waals surface area contributed by atoms with Crippen LogP contribution < -0.4 is 5.32 Å². The molecule has 2 amide bonds. The number of rotatable bonds is 2. The molecule has 90 valence electrons. The molecule has 0 saturated carbocycles. The first-order valence-electron chi connectivity index (χ1n) is 5.91. The third kappa shape index (κ3) is 2.09. The topological polar surface area (TPSA) is 46.2 Å². The zero-order chi connectivity index (χ0) is 12.6. The van der Waals surface area contributed by atoms with E-state index >= 15 is 0 Å². The number of hydrogen-bond donors (Lipinski definition) is 1. The Hall–Kier alpha value is -1.64. The molecule has 0 aliphatic carbocycles. The van der Waals surface area contributed by atoms with Crippen LogP contribution >= 0.6 is 0 Å². The molecule has 3 heteroatoms. The predicted molar refractivity (Wildman–Crippen MR) is 65.9 cm³/mol. The van der Waals surface area contributed by atoms with E-state index in [-0.39, 0.29) is 17.2 Å². The standard InChI is InChI=1S/C14H17NO2/c1-4-14(2,3)10-6-5-9-7-12(16)15-13(17)11(9)8-10/h5-6,8H,4,7H2,1-3H3,(H,15,16,17). The van der Waals surface area contributed by atoms with Crippen LogP contribution in [-0.2, 0) is 16.6 Å². The predicted octanol–water partition coefficient (Wildman–Crippen LogP) is 2.19. The van der Waals surface area contributed by atoms with Gasteiger partial charge in [0, 0.05) is 5.56 Å². The van der Waals surface area contributed by atoms with Gasteiger partial charge in [0.1, 0.15) is 0 Å². The van der Waals surface area contributed by atoms with Crippen molar-refractivity contribution in [3.05, 3.63) is 34.9 Å². The molecule has 0 unspecified atom stereocenters. The van der Waals surface area contributed by atoms with Crippen LogP contribution in [0.2, 0.25) is 0 Å². The summed E-state index contributed by atoms with van der Waals surface area (Å²) in [6, 6.07) is 5.84. The van der Waals surface area contributed by atoms with Gasteiger partial charge in [0.05, 0.1) is 6.42 Å². The van der Waals surface area contributed by atoms with E-state index < -0.39 is 0 Å². The summed E-state index contributed by atoms with van der Waals surface area (Å²) in [5.74, 6) is -0.491. The third-order valence-corrected chi connectivity index (χ3v) is 3.62.